The first-order valence-electron chi connectivity index (χ1n) is 7.30. The van der Waals surface area contributed by atoms with Gasteiger partial charge in [-0.15, -0.1) is 6.58 Å². The second kappa shape index (κ2) is 8.68. The molecule has 0 unspecified atom stereocenters. The molecule has 25 heavy (non-hydrogen) atoms. The van der Waals surface area contributed by atoms with Crippen molar-refractivity contribution in [1.29, 1.82) is 0 Å². The highest BCUT2D eigenvalue weighted by Crippen LogP contribution is 2.31. The Morgan fingerprint density at radius 1 is 1.40 bits per heavy atom. The number of hydrogen-bond acceptors (Lipinski definition) is 6. The maximum atomic E-state index is 12.5. The molecule has 1 N–H and O–H groups in total. The summed E-state index contributed by atoms with van der Waals surface area (Å²) in [5, 5.41) is 12.9. The topological polar surface area (TPSA) is 102 Å². The van der Waals surface area contributed by atoms with Crippen LogP contribution in [0, 0.1) is 0 Å². The van der Waals surface area contributed by atoms with E-state index >= 15 is 0 Å². The Morgan fingerprint density at radius 2 is 2.08 bits per heavy atom. The number of amidine groups is 1. The number of thioether (sulfide) groups is 1. The van der Waals surface area contributed by atoms with Gasteiger partial charge in [0.05, 0.1) is 18.2 Å². The number of halogens is 1. The van der Waals surface area contributed by atoms with Crippen LogP contribution in [0.4, 0.5) is 5.69 Å². The van der Waals surface area contributed by atoms with Gasteiger partial charge in [-0.25, -0.2) is 4.99 Å². The number of hydrogen-bond donors (Lipinski definition) is 1. The summed E-state index contributed by atoms with van der Waals surface area (Å²) in [5.74, 6) is -2.21. The smallest absolute Gasteiger partial charge is 0.242 e. The molecule has 1 aliphatic heterocycles. The molecule has 1 fully saturated rings. The molecule has 7 nitrogen and oxygen atoms in total. The fourth-order valence-electron chi connectivity index (χ4n) is 2.06. The van der Waals surface area contributed by atoms with Crippen molar-refractivity contribution in [3.8, 4) is 0 Å². The van der Waals surface area contributed by atoms with Gasteiger partial charge in [0.1, 0.15) is 5.25 Å². The Kier molecular flexibility index (Phi) is 6.60. The van der Waals surface area contributed by atoms with E-state index in [0.29, 0.717) is 15.9 Å². The molecule has 0 spiro atoms. The molecule has 132 valence electrons. The van der Waals surface area contributed by atoms with Crippen LogP contribution in [-0.4, -0.2) is 46.2 Å². The van der Waals surface area contributed by atoms with Crippen LogP contribution in [0.3, 0.4) is 0 Å². The van der Waals surface area contributed by atoms with Gasteiger partial charge in [-0.3, -0.25) is 14.5 Å². The Bertz CT molecular complexity index is 721. The lowest BCUT2D eigenvalue weighted by Gasteiger charge is -2.13. The van der Waals surface area contributed by atoms with Gasteiger partial charge in [0.15, 0.2) is 5.17 Å². The average Bonchev–Trinajstić information content (AvgIpc) is 2.84. The van der Waals surface area contributed by atoms with E-state index in [2.05, 4.69) is 16.9 Å². The molecule has 1 atom stereocenters. The number of benzene rings is 1. The molecule has 1 aromatic rings. The van der Waals surface area contributed by atoms with E-state index < -0.39 is 23.7 Å². The van der Waals surface area contributed by atoms with Crippen molar-refractivity contribution in [2.24, 2.45) is 4.99 Å². The molecule has 9 heteroatoms. The van der Waals surface area contributed by atoms with Crippen LogP contribution in [0.2, 0.25) is 5.02 Å². The molecule has 0 bridgehead atoms. The van der Waals surface area contributed by atoms with Crippen molar-refractivity contribution >= 4 is 52.0 Å². The van der Waals surface area contributed by atoms with E-state index in [9.17, 15) is 19.5 Å². The zero-order chi connectivity index (χ0) is 18.4. The Morgan fingerprint density at radius 3 is 2.68 bits per heavy atom. The monoisotopic (exact) mass is 380 g/mol. The number of rotatable bonds is 7. The number of nitrogens with one attached hydrogen (secondary N) is 1. The molecule has 1 aliphatic rings. The number of aliphatic imine (C=N–C) groups is 1. The number of carbonyl (C=O) groups is 3. The van der Waals surface area contributed by atoms with Crippen LogP contribution in [0.15, 0.2) is 41.9 Å². The average molecular weight is 381 g/mol. The lowest BCUT2D eigenvalue weighted by atomic mass is 10.2. The first kappa shape index (κ1) is 19.0. The van der Waals surface area contributed by atoms with Crippen molar-refractivity contribution in [3.05, 3.63) is 41.9 Å². The highest BCUT2D eigenvalue weighted by atomic mass is 35.5. The third-order valence-corrected chi connectivity index (χ3v) is 4.61. The van der Waals surface area contributed by atoms with Gasteiger partial charge in [0, 0.05) is 18.0 Å². The highest BCUT2D eigenvalue weighted by molar-refractivity contribution is 8.15. The summed E-state index contributed by atoms with van der Waals surface area (Å²) in [6.07, 6.45) is 1.42. The maximum absolute atomic E-state index is 12.5. The lowest BCUT2D eigenvalue weighted by molar-refractivity contribution is -0.304. The Hall–Kier alpha value is -2.32. The van der Waals surface area contributed by atoms with Crippen molar-refractivity contribution in [3.63, 3.8) is 0 Å². The van der Waals surface area contributed by atoms with Crippen molar-refractivity contribution in [2.75, 3.05) is 13.1 Å². The molecule has 2 amide bonds. The number of carbonyl (C=O) groups excluding carboxylic acids is 3. The van der Waals surface area contributed by atoms with E-state index in [4.69, 9.17) is 11.6 Å². The van der Waals surface area contributed by atoms with E-state index in [0.717, 1.165) is 11.8 Å². The van der Waals surface area contributed by atoms with Gasteiger partial charge in [-0.2, -0.15) is 0 Å². The summed E-state index contributed by atoms with van der Waals surface area (Å²) < 4.78 is 0. The molecular formula is C16H15ClN3O4S-. The molecule has 0 aromatic heterocycles. The molecule has 2 rings (SSSR count). The Labute approximate surface area is 153 Å². The van der Waals surface area contributed by atoms with E-state index in [-0.39, 0.29) is 18.9 Å². The normalized spacial score (nSPS) is 18.4. The molecule has 0 aliphatic carbocycles. The minimum Gasteiger partial charge on any atom is -0.548 e. The summed E-state index contributed by atoms with van der Waals surface area (Å²) in [5.41, 5.74) is 0.621. The van der Waals surface area contributed by atoms with Crippen LogP contribution in [0.25, 0.3) is 0 Å². The SMILES string of the molecule is C=CCN1C(=O)[C@@H](CC(=O)NCC(=O)[O-])SC1=Nc1ccc(Cl)cc1. The van der Waals surface area contributed by atoms with Crippen LogP contribution in [0.5, 0.6) is 0 Å². The van der Waals surface area contributed by atoms with E-state index in [1.165, 1.54) is 4.90 Å². The fourth-order valence-corrected chi connectivity index (χ4v) is 3.35. The predicted molar refractivity (Wildman–Crippen MR) is 94.5 cm³/mol. The third-order valence-electron chi connectivity index (χ3n) is 3.18. The van der Waals surface area contributed by atoms with E-state index in [1.54, 1.807) is 30.3 Å². The number of amides is 2. The van der Waals surface area contributed by atoms with Gasteiger partial charge >= 0.3 is 0 Å². The Balaban J connectivity index is 2.13. The fraction of sp³-hybridized carbons (Fsp3) is 0.250. The van der Waals surface area contributed by atoms with Crippen molar-refractivity contribution in [2.45, 2.75) is 11.7 Å². The quantitative estimate of drug-likeness (QED) is 0.702. The number of aliphatic carboxylic acids is 1. The number of carboxylic acids is 1. The maximum Gasteiger partial charge on any atom is 0.242 e. The van der Waals surface area contributed by atoms with Crippen LogP contribution in [0.1, 0.15) is 6.42 Å². The number of carboxylic acid groups (broad SMARTS) is 1. The van der Waals surface area contributed by atoms with Crippen LogP contribution in [-0.2, 0) is 14.4 Å². The van der Waals surface area contributed by atoms with Gasteiger partial charge < -0.3 is 15.2 Å². The zero-order valence-electron chi connectivity index (χ0n) is 13.1. The second-order valence-electron chi connectivity index (χ2n) is 5.07. The molecule has 1 saturated heterocycles. The zero-order valence-corrected chi connectivity index (χ0v) is 14.7. The summed E-state index contributed by atoms with van der Waals surface area (Å²) in [6, 6.07) is 6.80. The largest absolute Gasteiger partial charge is 0.548 e. The summed E-state index contributed by atoms with van der Waals surface area (Å²) in [6.45, 7) is 3.29. The van der Waals surface area contributed by atoms with Crippen molar-refractivity contribution < 1.29 is 19.5 Å². The highest BCUT2D eigenvalue weighted by Gasteiger charge is 2.38. The molecule has 1 aromatic carbocycles. The van der Waals surface area contributed by atoms with E-state index in [1.807, 2.05) is 0 Å². The lowest BCUT2D eigenvalue weighted by Crippen LogP contribution is -2.39. The minimum absolute atomic E-state index is 0.149. The minimum atomic E-state index is -1.39. The van der Waals surface area contributed by atoms with Crippen LogP contribution >= 0.6 is 23.4 Å². The molecular weight excluding hydrogens is 366 g/mol. The van der Waals surface area contributed by atoms with Crippen LogP contribution < -0.4 is 10.4 Å². The van der Waals surface area contributed by atoms with Gasteiger partial charge in [-0.1, -0.05) is 29.4 Å². The van der Waals surface area contributed by atoms with Gasteiger partial charge in [0.25, 0.3) is 0 Å². The standard InChI is InChI=1S/C16H16ClN3O4S/c1-2-7-20-15(24)12(8-13(21)18-9-14(22)23)25-16(20)19-11-5-3-10(17)4-6-11/h2-6,12H,1,7-9H2,(H,18,21)(H,22,23)/p-1/t12-/m1/s1. The molecule has 0 saturated carbocycles. The summed E-state index contributed by atoms with van der Waals surface area (Å²) in [7, 11) is 0. The first-order valence-corrected chi connectivity index (χ1v) is 8.56. The second-order valence-corrected chi connectivity index (χ2v) is 6.67. The van der Waals surface area contributed by atoms with Gasteiger partial charge in [-0.05, 0) is 24.3 Å². The summed E-state index contributed by atoms with van der Waals surface area (Å²) in [4.78, 5) is 40.5. The summed E-state index contributed by atoms with van der Waals surface area (Å²) >= 11 is 6.99. The molecule has 1 heterocycles. The van der Waals surface area contributed by atoms with Gasteiger partial charge in [0.2, 0.25) is 11.8 Å². The third kappa shape index (κ3) is 5.33. The number of nitrogens with zero attached hydrogens (tertiary/aromatic N) is 2. The van der Waals surface area contributed by atoms with Crippen molar-refractivity contribution in [1.82, 2.24) is 10.2 Å². The predicted octanol–water partition coefficient (Wildman–Crippen LogP) is 0.714. The molecule has 0 radical (unpaired) electrons. The first-order chi connectivity index (χ1) is 11.9.